The van der Waals surface area contributed by atoms with Gasteiger partial charge < -0.3 is 19.8 Å². The zero-order valence-electron chi connectivity index (χ0n) is 19.7. The summed E-state index contributed by atoms with van der Waals surface area (Å²) in [5.41, 5.74) is 4.00. The number of aliphatic imine (C=N–C) groups is 1. The van der Waals surface area contributed by atoms with E-state index in [9.17, 15) is 0 Å². The third kappa shape index (κ3) is 8.50. The van der Waals surface area contributed by atoms with Crippen LogP contribution in [0.15, 0.2) is 53.5 Å². The Morgan fingerprint density at radius 2 is 1.60 bits per heavy atom. The zero-order valence-corrected chi connectivity index (χ0v) is 19.7. The largest absolute Gasteiger partial charge is 0.484 e. The number of nitrogens with zero attached hydrogens (tertiary/aromatic N) is 1. The lowest BCUT2D eigenvalue weighted by Gasteiger charge is -2.27. The third-order valence-corrected chi connectivity index (χ3v) is 4.89. The van der Waals surface area contributed by atoms with Gasteiger partial charge in [0.2, 0.25) is 0 Å². The topological polar surface area (TPSA) is 50.7 Å². The van der Waals surface area contributed by atoms with Crippen molar-refractivity contribution in [3.8, 4) is 5.75 Å². The van der Waals surface area contributed by atoms with Gasteiger partial charge >= 0.3 is 0 Å². The van der Waals surface area contributed by atoms with E-state index in [0.29, 0.717) is 12.1 Å². The maximum atomic E-state index is 8.00. The van der Waals surface area contributed by atoms with Gasteiger partial charge in [-0.05, 0) is 56.2 Å². The summed E-state index contributed by atoms with van der Waals surface area (Å²) >= 11 is 0. The monoisotopic (exact) mass is 412 g/mol. The molecule has 0 bridgehead atoms. The normalized spacial score (nSPS) is 16.0. The smallest absolute Gasteiger partial charge is 0.140 e. The number of nitrogens with one attached hydrogen (secondary N) is 1. The molecule has 2 aromatic rings. The Kier molecular flexibility index (Phi) is 15.0. The van der Waals surface area contributed by atoms with Gasteiger partial charge in [0, 0.05) is 13.1 Å². The zero-order chi connectivity index (χ0) is 22.9. The first-order chi connectivity index (χ1) is 14.6. The van der Waals surface area contributed by atoms with E-state index in [-0.39, 0.29) is 6.10 Å². The summed E-state index contributed by atoms with van der Waals surface area (Å²) in [5.74, 6) is 0.952. The lowest BCUT2D eigenvalue weighted by Crippen LogP contribution is -2.41. The molecular weight excluding hydrogens is 372 g/mol. The van der Waals surface area contributed by atoms with Crippen LogP contribution in [0, 0.1) is 6.92 Å². The molecule has 0 heterocycles. The third-order valence-electron chi connectivity index (χ3n) is 4.89. The fraction of sp³-hybridized carbons (Fsp3) is 0.462. The van der Waals surface area contributed by atoms with Crippen molar-refractivity contribution in [2.45, 2.75) is 72.1 Å². The molecule has 4 nitrogen and oxygen atoms in total. The van der Waals surface area contributed by atoms with E-state index < -0.39 is 0 Å². The van der Waals surface area contributed by atoms with Gasteiger partial charge in [-0.3, -0.25) is 0 Å². The molecule has 30 heavy (non-hydrogen) atoms. The molecular formula is C26H40N2O2. The van der Waals surface area contributed by atoms with E-state index in [2.05, 4.69) is 86.3 Å². The van der Waals surface area contributed by atoms with Crippen molar-refractivity contribution in [2.24, 2.45) is 4.99 Å². The van der Waals surface area contributed by atoms with Gasteiger partial charge in [-0.1, -0.05) is 69.7 Å². The lowest BCUT2D eigenvalue weighted by molar-refractivity contribution is -0.0979. The van der Waals surface area contributed by atoms with Crippen LogP contribution in [0.25, 0.3) is 0 Å². The molecule has 2 atom stereocenters. The van der Waals surface area contributed by atoms with E-state index in [1.165, 1.54) is 16.7 Å². The van der Waals surface area contributed by atoms with Crippen molar-refractivity contribution in [1.29, 1.82) is 0 Å². The number of hydrogen-bond acceptors (Lipinski definition) is 4. The number of rotatable bonds is 6. The second kappa shape index (κ2) is 16.3. The first-order valence-electron chi connectivity index (χ1n) is 10.8. The number of fused-ring (bicyclic) bond motifs is 1. The van der Waals surface area contributed by atoms with E-state index in [4.69, 9.17) is 9.53 Å². The fourth-order valence-electron chi connectivity index (χ4n) is 3.44. The van der Waals surface area contributed by atoms with Gasteiger partial charge in [0.05, 0.1) is 6.04 Å². The van der Waals surface area contributed by atoms with Crippen LogP contribution in [0.3, 0.4) is 0 Å². The van der Waals surface area contributed by atoms with Crippen molar-refractivity contribution in [2.75, 3.05) is 7.05 Å². The lowest BCUT2D eigenvalue weighted by atomic mass is 10.1. The minimum absolute atomic E-state index is 0.0921. The first kappa shape index (κ1) is 27.5. The van der Waals surface area contributed by atoms with Gasteiger partial charge in [-0.2, -0.15) is 0 Å². The molecule has 0 fully saturated rings. The van der Waals surface area contributed by atoms with E-state index in [0.717, 1.165) is 25.0 Å². The minimum atomic E-state index is 0.0921. The summed E-state index contributed by atoms with van der Waals surface area (Å²) in [6, 6.07) is 18.0. The number of aryl methyl sites for hydroxylation is 1. The summed E-state index contributed by atoms with van der Waals surface area (Å²) < 4.78 is 6.40. The van der Waals surface area contributed by atoms with Crippen LogP contribution in [0.5, 0.6) is 5.75 Å². The molecule has 3 rings (SSSR count). The molecule has 0 radical (unpaired) electrons. The molecule has 1 aliphatic rings. The Hall–Kier alpha value is -2.46. The molecule has 0 aromatic heterocycles. The SMILES string of the molecule is C=NC.C=O.CC.CCC(CC)N[C@@H]1Cc2ccccc2C1Oc1ccc(C)cc1. The summed E-state index contributed by atoms with van der Waals surface area (Å²) in [7, 11) is 1.64. The second-order valence-electron chi connectivity index (χ2n) is 6.86. The van der Waals surface area contributed by atoms with Gasteiger partial charge in [0.15, 0.2) is 0 Å². The van der Waals surface area contributed by atoms with Gasteiger partial charge in [0.1, 0.15) is 18.6 Å². The van der Waals surface area contributed by atoms with Crippen molar-refractivity contribution in [3.05, 3.63) is 65.2 Å². The molecule has 1 N–H and O–H groups in total. The number of carbonyl (C=O) groups excluding carboxylic acids is 1. The van der Waals surface area contributed by atoms with Crippen LogP contribution < -0.4 is 10.1 Å². The van der Waals surface area contributed by atoms with Gasteiger partial charge in [-0.25, -0.2) is 0 Å². The molecule has 1 unspecified atom stereocenters. The maximum Gasteiger partial charge on any atom is 0.140 e. The summed E-state index contributed by atoms with van der Waals surface area (Å²) in [6.45, 7) is 15.7. The van der Waals surface area contributed by atoms with Crippen molar-refractivity contribution < 1.29 is 9.53 Å². The average Bonchev–Trinajstić information content (AvgIpc) is 3.14. The standard InChI is InChI=1S/C21H27NO.C2H5N.C2H6.CH2O/c1-4-17(5-2)22-20-14-16-8-6-7-9-19(16)21(20)23-18-12-10-15(3)11-13-18;1-3-2;2*1-2/h6-13,17,20-22H,4-5,14H2,1-3H3;1H2,2H3;1-2H3;1H2/t20-,21?;;;/m1.../s1. The van der Waals surface area contributed by atoms with E-state index in [1.807, 2.05) is 20.6 Å². The number of benzene rings is 2. The Morgan fingerprint density at radius 3 is 2.13 bits per heavy atom. The molecule has 0 amide bonds. The minimum Gasteiger partial charge on any atom is -0.484 e. The summed E-state index contributed by atoms with van der Waals surface area (Å²) in [5, 5.41) is 3.82. The molecule has 166 valence electrons. The van der Waals surface area contributed by atoms with Crippen LogP contribution >= 0.6 is 0 Å². The average molecular weight is 413 g/mol. The Balaban J connectivity index is 0.00000108. The number of ether oxygens (including phenoxy) is 1. The van der Waals surface area contributed by atoms with Crippen LogP contribution in [0.1, 0.15) is 63.3 Å². The number of carbonyl (C=O) groups is 1. The summed E-state index contributed by atoms with van der Waals surface area (Å²) in [6.07, 6.45) is 3.44. The molecule has 0 spiro atoms. The number of hydrogen-bond donors (Lipinski definition) is 1. The highest BCUT2D eigenvalue weighted by Crippen LogP contribution is 2.35. The van der Waals surface area contributed by atoms with Crippen LogP contribution in [-0.2, 0) is 11.2 Å². The molecule has 0 saturated carbocycles. The highest BCUT2D eigenvalue weighted by atomic mass is 16.5. The van der Waals surface area contributed by atoms with Gasteiger partial charge in [0.25, 0.3) is 0 Å². The van der Waals surface area contributed by atoms with E-state index >= 15 is 0 Å². The maximum absolute atomic E-state index is 8.00. The van der Waals surface area contributed by atoms with Crippen molar-refractivity contribution in [1.82, 2.24) is 5.32 Å². The Morgan fingerprint density at radius 1 is 1.07 bits per heavy atom. The highest BCUT2D eigenvalue weighted by molar-refractivity contribution is 5.38. The fourth-order valence-corrected chi connectivity index (χ4v) is 3.44. The van der Waals surface area contributed by atoms with Gasteiger partial charge in [-0.15, -0.1) is 0 Å². The quantitative estimate of drug-likeness (QED) is 0.594. The van der Waals surface area contributed by atoms with Crippen molar-refractivity contribution >= 4 is 13.5 Å². The van der Waals surface area contributed by atoms with Crippen molar-refractivity contribution in [3.63, 3.8) is 0 Å². The first-order valence-corrected chi connectivity index (χ1v) is 10.8. The molecule has 0 aliphatic heterocycles. The summed E-state index contributed by atoms with van der Waals surface area (Å²) in [4.78, 5) is 11.2. The van der Waals surface area contributed by atoms with Crippen LogP contribution in [-0.4, -0.2) is 32.6 Å². The van der Waals surface area contributed by atoms with Crippen LogP contribution in [0.2, 0.25) is 0 Å². The molecule has 0 saturated heterocycles. The molecule has 4 heteroatoms. The predicted molar refractivity (Wildman–Crippen MR) is 130 cm³/mol. The molecule has 1 aliphatic carbocycles. The Labute approximate surface area is 183 Å². The molecule has 2 aromatic carbocycles. The predicted octanol–water partition coefficient (Wildman–Crippen LogP) is 5.98. The van der Waals surface area contributed by atoms with E-state index in [1.54, 1.807) is 7.05 Å². The Bertz CT molecular complexity index is 696. The second-order valence-corrected chi connectivity index (χ2v) is 6.86. The highest BCUT2D eigenvalue weighted by Gasteiger charge is 2.34. The van der Waals surface area contributed by atoms with Crippen LogP contribution in [0.4, 0.5) is 0 Å².